The predicted octanol–water partition coefficient (Wildman–Crippen LogP) is 0.829. The largest absolute Gasteiger partial charge is 0.443 e. The Hall–Kier alpha value is -0.810. The summed E-state index contributed by atoms with van der Waals surface area (Å²) in [6.07, 6.45) is 0.627. The first kappa shape index (κ1) is 13.3. The van der Waals surface area contributed by atoms with Crippen molar-refractivity contribution in [3.8, 4) is 0 Å². The third-order valence-electron chi connectivity index (χ3n) is 2.56. The van der Waals surface area contributed by atoms with Gasteiger partial charge in [-0.3, -0.25) is 0 Å². The van der Waals surface area contributed by atoms with Gasteiger partial charge in [-0.25, -0.2) is 4.79 Å². The van der Waals surface area contributed by atoms with E-state index < -0.39 is 0 Å². The molecule has 1 saturated heterocycles. The standard InChI is InChI=1S/C11H22N2O3/c1-9(2)3-5-15-6-4-13-8-10(7-12)16-11(13)14/h9-10H,3-8,12H2,1-2H3. The summed E-state index contributed by atoms with van der Waals surface area (Å²) in [5, 5.41) is 0. The quantitative estimate of drug-likeness (QED) is 0.658. The molecular formula is C11H22N2O3. The van der Waals surface area contributed by atoms with Crippen LogP contribution in [0.2, 0.25) is 0 Å². The monoisotopic (exact) mass is 230 g/mol. The molecule has 0 radical (unpaired) electrons. The zero-order valence-corrected chi connectivity index (χ0v) is 10.1. The molecule has 1 unspecified atom stereocenters. The molecule has 0 saturated carbocycles. The van der Waals surface area contributed by atoms with Crippen LogP contribution in [0.3, 0.4) is 0 Å². The molecule has 0 aromatic heterocycles. The van der Waals surface area contributed by atoms with Gasteiger partial charge in [0.1, 0.15) is 6.10 Å². The molecule has 0 aliphatic carbocycles. The lowest BCUT2D eigenvalue weighted by atomic mass is 10.1. The maximum Gasteiger partial charge on any atom is 0.410 e. The van der Waals surface area contributed by atoms with Crippen LogP contribution in [-0.4, -0.2) is 49.9 Å². The maximum absolute atomic E-state index is 11.3. The fourth-order valence-corrected chi connectivity index (χ4v) is 1.48. The van der Waals surface area contributed by atoms with E-state index in [2.05, 4.69) is 13.8 Å². The van der Waals surface area contributed by atoms with Crippen molar-refractivity contribution in [1.29, 1.82) is 0 Å². The van der Waals surface area contributed by atoms with Crippen LogP contribution in [0.15, 0.2) is 0 Å². The molecule has 0 aromatic rings. The van der Waals surface area contributed by atoms with Gasteiger partial charge in [-0.1, -0.05) is 13.8 Å². The minimum Gasteiger partial charge on any atom is -0.443 e. The molecule has 1 aliphatic heterocycles. The molecule has 1 atom stereocenters. The molecule has 1 heterocycles. The van der Waals surface area contributed by atoms with Gasteiger partial charge in [0.25, 0.3) is 0 Å². The Morgan fingerprint density at radius 2 is 2.31 bits per heavy atom. The number of nitrogens with zero attached hydrogens (tertiary/aromatic N) is 1. The van der Waals surface area contributed by atoms with E-state index in [1.165, 1.54) is 0 Å². The Balaban J connectivity index is 2.07. The van der Waals surface area contributed by atoms with Crippen molar-refractivity contribution in [2.24, 2.45) is 11.7 Å². The van der Waals surface area contributed by atoms with Crippen molar-refractivity contribution >= 4 is 6.09 Å². The molecule has 1 amide bonds. The van der Waals surface area contributed by atoms with Gasteiger partial charge in [-0.15, -0.1) is 0 Å². The molecule has 5 nitrogen and oxygen atoms in total. The van der Waals surface area contributed by atoms with E-state index in [1.807, 2.05) is 0 Å². The van der Waals surface area contributed by atoms with E-state index in [0.717, 1.165) is 13.0 Å². The lowest BCUT2D eigenvalue weighted by Gasteiger charge is -2.13. The number of rotatable bonds is 7. The van der Waals surface area contributed by atoms with Crippen molar-refractivity contribution in [2.75, 3.05) is 32.8 Å². The van der Waals surface area contributed by atoms with Gasteiger partial charge in [-0.05, 0) is 12.3 Å². The average Bonchev–Trinajstić information content (AvgIpc) is 2.59. The van der Waals surface area contributed by atoms with Crippen LogP contribution in [0, 0.1) is 5.92 Å². The highest BCUT2D eigenvalue weighted by molar-refractivity contribution is 5.69. The fourth-order valence-electron chi connectivity index (χ4n) is 1.48. The van der Waals surface area contributed by atoms with Crippen molar-refractivity contribution in [2.45, 2.75) is 26.4 Å². The summed E-state index contributed by atoms with van der Waals surface area (Å²) < 4.78 is 10.5. The van der Waals surface area contributed by atoms with Crippen LogP contribution in [0.4, 0.5) is 4.79 Å². The summed E-state index contributed by atoms with van der Waals surface area (Å²) in [6, 6.07) is 0. The third kappa shape index (κ3) is 4.37. The number of carbonyl (C=O) groups is 1. The molecule has 1 aliphatic rings. The third-order valence-corrected chi connectivity index (χ3v) is 2.56. The van der Waals surface area contributed by atoms with Gasteiger partial charge in [0.05, 0.1) is 13.2 Å². The molecular weight excluding hydrogens is 208 g/mol. The van der Waals surface area contributed by atoms with E-state index in [0.29, 0.717) is 32.2 Å². The van der Waals surface area contributed by atoms with Crippen LogP contribution in [0.5, 0.6) is 0 Å². The van der Waals surface area contributed by atoms with Crippen LogP contribution >= 0.6 is 0 Å². The number of ether oxygens (including phenoxy) is 2. The first-order valence-corrected chi connectivity index (χ1v) is 5.87. The summed E-state index contributed by atoms with van der Waals surface area (Å²) >= 11 is 0. The molecule has 5 heteroatoms. The minimum absolute atomic E-state index is 0.150. The van der Waals surface area contributed by atoms with Gasteiger partial charge in [0, 0.05) is 19.7 Å². The summed E-state index contributed by atoms with van der Waals surface area (Å²) in [7, 11) is 0. The van der Waals surface area contributed by atoms with Gasteiger partial charge < -0.3 is 20.1 Å². The van der Waals surface area contributed by atoms with Crippen LogP contribution in [0.1, 0.15) is 20.3 Å². The van der Waals surface area contributed by atoms with Gasteiger partial charge in [-0.2, -0.15) is 0 Å². The second-order valence-electron chi connectivity index (χ2n) is 4.48. The molecule has 94 valence electrons. The van der Waals surface area contributed by atoms with Crippen LogP contribution in [-0.2, 0) is 9.47 Å². The predicted molar refractivity (Wildman–Crippen MR) is 61.2 cm³/mol. The normalized spacial score (nSPS) is 20.6. The number of cyclic esters (lactones) is 1. The van der Waals surface area contributed by atoms with E-state index in [4.69, 9.17) is 15.2 Å². The van der Waals surface area contributed by atoms with Crippen LogP contribution < -0.4 is 5.73 Å². The van der Waals surface area contributed by atoms with Crippen molar-refractivity contribution in [1.82, 2.24) is 4.90 Å². The highest BCUT2D eigenvalue weighted by atomic mass is 16.6. The maximum atomic E-state index is 11.3. The fraction of sp³-hybridized carbons (Fsp3) is 0.909. The smallest absolute Gasteiger partial charge is 0.410 e. The molecule has 2 N–H and O–H groups in total. The average molecular weight is 230 g/mol. The number of hydrogen-bond donors (Lipinski definition) is 1. The summed E-state index contributed by atoms with van der Waals surface area (Å²) in [5.41, 5.74) is 5.43. The summed E-state index contributed by atoms with van der Waals surface area (Å²) in [4.78, 5) is 13.0. The Labute approximate surface area is 96.9 Å². The van der Waals surface area contributed by atoms with Gasteiger partial charge >= 0.3 is 6.09 Å². The molecule has 1 fully saturated rings. The Morgan fingerprint density at radius 3 is 2.88 bits per heavy atom. The van der Waals surface area contributed by atoms with Gasteiger partial charge in [0.2, 0.25) is 0 Å². The second-order valence-corrected chi connectivity index (χ2v) is 4.48. The molecule has 16 heavy (non-hydrogen) atoms. The lowest BCUT2D eigenvalue weighted by molar-refractivity contribution is 0.101. The zero-order valence-electron chi connectivity index (χ0n) is 10.1. The number of carbonyl (C=O) groups excluding carboxylic acids is 1. The SMILES string of the molecule is CC(C)CCOCCN1CC(CN)OC1=O. The summed E-state index contributed by atoms with van der Waals surface area (Å²) in [5.74, 6) is 0.651. The van der Waals surface area contributed by atoms with E-state index >= 15 is 0 Å². The van der Waals surface area contributed by atoms with E-state index in [-0.39, 0.29) is 12.2 Å². The topological polar surface area (TPSA) is 64.8 Å². The highest BCUT2D eigenvalue weighted by Gasteiger charge is 2.29. The molecule has 0 bridgehead atoms. The van der Waals surface area contributed by atoms with Gasteiger partial charge in [0.15, 0.2) is 0 Å². The Kier molecular flexibility index (Phi) is 5.55. The number of nitrogens with two attached hydrogens (primary N) is 1. The number of amides is 1. The van der Waals surface area contributed by atoms with E-state index in [9.17, 15) is 4.79 Å². The summed E-state index contributed by atoms with van der Waals surface area (Å²) in [6.45, 7) is 7.20. The van der Waals surface area contributed by atoms with Crippen molar-refractivity contribution in [3.63, 3.8) is 0 Å². The molecule has 1 rings (SSSR count). The highest BCUT2D eigenvalue weighted by Crippen LogP contribution is 2.09. The molecule has 0 spiro atoms. The lowest BCUT2D eigenvalue weighted by Crippen LogP contribution is -2.30. The molecule has 0 aromatic carbocycles. The first-order chi connectivity index (χ1) is 7.63. The first-order valence-electron chi connectivity index (χ1n) is 5.87. The number of hydrogen-bond acceptors (Lipinski definition) is 4. The second kappa shape index (κ2) is 6.70. The zero-order chi connectivity index (χ0) is 12.0. The minimum atomic E-state index is -0.275. The Morgan fingerprint density at radius 1 is 1.56 bits per heavy atom. The van der Waals surface area contributed by atoms with Crippen LogP contribution in [0.25, 0.3) is 0 Å². The Bertz CT molecular complexity index is 221. The van der Waals surface area contributed by atoms with E-state index in [1.54, 1.807) is 4.90 Å². The van der Waals surface area contributed by atoms with Crippen molar-refractivity contribution < 1.29 is 14.3 Å². The van der Waals surface area contributed by atoms with Crippen molar-refractivity contribution in [3.05, 3.63) is 0 Å².